The minimum absolute atomic E-state index is 0.000139. The van der Waals surface area contributed by atoms with Crippen LogP contribution < -0.4 is 16.1 Å². The van der Waals surface area contributed by atoms with Crippen LogP contribution in [0.25, 0.3) is 17.0 Å². The summed E-state index contributed by atoms with van der Waals surface area (Å²) in [6.45, 7) is 1.37. The van der Waals surface area contributed by atoms with Gasteiger partial charge in [0, 0.05) is 42.3 Å². The molecule has 4 rings (SSSR count). The molecule has 0 spiro atoms. The summed E-state index contributed by atoms with van der Waals surface area (Å²) < 4.78 is 0. The Hall–Kier alpha value is -3.46. The number of likely N-dealkylation sites (N-methyl/N-ethyl adjacent to an activating group) is 1. The average Bonchev–Trinajstić information content (AvgIpc) is 3.45. The Morgan fingerprint density at radius 3 is 2.86 bits per heavy atom. The maximum Gasteiger partial charge on any atom is 0.267 e. The van der Waals surface area contributed by atoms with Crippen molar-refractivity contribution in [2.45, 2.75) is 31.3 Å². The minimum atomic E-state index is -0.564. The quantitative estimate of drug-likeness (QED) is 0.176. The normalized spacial score (nSPS) is 16.1. The first-order valence-electron chi connectivity index (χ1n) is 11.9. The van der Waals surface area contributed by atoms with Gasteiger partial charge in [0.2, 0.25) is 5.91 Å². The van der Waals surface area contributed by atoms with Crippen LogP contribution in [0, 0.1) is 0 Å². The predicted octanol–water partition coefficient (Wildman–Crippen LogP) is 2.55. The number of fused-ring (bicyclic) bond motifs is 2. The van der Waals surface area contributed by atoms with Crippen molar-refractivity contribution in [2.24, 2.45) is 0 Å². The van der Waals surface area contributed by atoms with Crippen molar-refractivity contribution in [1.82, 2.24) is 26.0 Å². The van der Waals surface area contributed by atoms with Gasteiger partial charge in [0.05, 0.1) is 6.04 Å². The number of carbonyl (C=O) groups is 2. The molecule has 2 atom stereocenters. The first kappa shape index (κ1) is 24.7. The molecule has 0 saturated heterocycles. The molecule has 0 fully saturated rings. The average molecular weight is 476 g/mol. The van der Waals surface area contributed by atoms with E-state index < -0.39 is 5.91 Å². The van der Waals surface area contributed by atoms with E-state index in [1.165, 1.54) is 17.2 Å². The van der Waals surface area contributed by atoms with E-state index in [9.17, 15) is 9.59 Å². The lowest BCUT2D eigenvalue weighted by Crippen LogP contribution is -2.47. The van der Waals surface area contributed by atoms with Gasteiger partial charge < -0.3 is 15.2 Å². The molecule has 8 heteroatoms. The number of hydroxylamine groups is 1. The van der Waals surface area contributed by atoms with E-state index in [1.54, 1.807) is 11.6 Å². The first-order chi connectivity index (χ1) is 16.9. The summed E-state index contributed by atoms with van der Waals surface area (Å²) >= 11 is 0. The fourth-order valence-electron chi connectivity index (χ4n) is 4.64. The number of aromatic nitrogens is 1. The van der Waals surface area contributed by atoms with Crippen molar-refractivity contribution >= 4 is 28.8 Å². The largest absolute Gasteiger partial charge is 0.361 e. The number of para-hydroxylation sites is 1. The van der Waals surface area contributed by atoms with E-state index in [0.717, 1.165) is 41.4 Å². The lowest BCUT2D eigenvalue weighted by atomic mass is 10.0. The van der Waals surface area contributed by atoms with E-state index in [1.807, 2.05) is 49.5 Å². The molecule has 35 heavy (non-hydrogen) atoms. The van der Waals surface area contributed by atoms with E-state index in [2.05, 4.69) is 33.8 Å². The smallest absolute Gasteiger partial charge is 0.267 e. The van der Waals surface area contributed by atoms with Gasteiger partial charge >= 0.3 is 0 Å². The second-order valence-corrected chi connectivity index (χ2v) is 9.24. The Bertz CT molecular complexity index is 1220. The van der Waals surface area contributed by atoms with Crippen molar-refractivity contribution in [3.05, 3.63) is 77.0 Å². The van der Waals surface area contributed by atoms with Gasteiger partial charge in [-0.3, -0.25) is 20.1 Å². The summed E-state index contributed by atoms with van der Waals surface area (Å²) in [6.07, 6.45) is 7.33. The molecular weight excluding hydrogens is 442 g/mol. The number of carbonyl (C=O) groups excluding carboxylic acids is 2. The fourth-order valence-corrected chi connectivity index (χ4v) is 4.64. The van der Waals surface area contributed by atoms with Crippen LogP contribution in [0.5, 0.6) is 0 Å². The number of nitrogens with zero attached hydrogens (tertiary/aromatic N) is 1. The Morgan fingerprint density at radius 1 is 1.23 bits per heavy atom. The fraction of sp³-hybridized carbons (Fsp3) is 0.333. The second-order valence-electron chi connectivity index (χ2n) is 9.24. The van der Waals surface area contributed by atoms with E-state index in [-0.39, 0.29) is 18.0 Å². The van der Waals surface area contributed by atoms with Crippen LogP contribution in [-0.4, -0.2) is 60.1 Å². The molecule has 2 amide bonds. The summed E-state index contributed by atoms with van der Waals surface area (Å²) in [6, 6.07) is 13.9. The molecule has 2 unspecified atom stereocenters. The van der Waals surface area contributed by atoms with Crippen LogP contribution in [0.1, 0.15) is 34.7 Å². The summed E-state index contributed by atoms with van der Waals surface area (Å²) in [5.41, 5.74) is 7.05. The summed E-state index contributed by atoms with van der Waals surface area (Å²) in [7, 11) is 3.98. The Morgan fingerprint density at radius 2 is 2.06 bits per heavy atom. The topological polar surface area (TPSA) is 109 Å². The first-order valence-corrected chi connectivity index (χ1v) is 11.9. The van der Waals surface area contributed by atoms with Crippen molar-refractivity contribution in [3.63, 3.8) is 0 Å². The molecule has 8 nitrogen and oxygen atoms in total. The van der Waals surface area contributed by atoms with Crippen LogP contribution in [0.15, 0.2) is 54.7 Å². The van der Waals surface area contributed by atoms with Crippen molar-refractivity contribution in [3.8, 4) is 0 Å². The standard InChI is InChI=1S/C27H33N5O3/c1-32(2)14-13-28-27(34)25(16-20-17-29-23-6-4-3-5-21(20)23)30-24-11-9-19-15-18(7-10-22(19)24)8-12-26(33)31-35/h3-8,10,12,15,17,24-25,29-30,35H,9,11,13-14,16H2,1-2H3,(H,28,34)(H,31,33)/b12-8+. The van der Waals surface area contributed by atoms with Crippen LogP contribution >= 0.6 is 0 Å². The number of hydrogen-bond donors (Lipinski definition) is 5. The highest BCUT2D eigenvalue weighted by atomic mass is 16.5. The Kier molecular flexibility index (Phi) is 7.97. The van der Waals surface area contributed by atoms with Crippen molar-refractivity contribution < 1.29 is 14.8 Å². The highest BCUT2D eigenvalue weighted by Gasteiger charge is 2.28. The summed E-state index contributed by atoms with van der Waals surface area (Å²) in [5.74, 6) is -0.564. The summed E-state index contributed by atoms with van der Waals surface area (Å²) in [4.78, 5) is 29.9. The van der Waals surface area contributed by atoms with Crippen LogP contribution in [0.2, 0.25) is 0 Å². The SMILES string of the molecule is CN(C)CCNC(=O)C(Cc1c[nH]c2ccccc12)NC1CCc2cc(/C=C/C(=O)NO)ccc21. The number of benzene rings is 2. The van der Waals surface area contributed by atoms with E-state index >= 15 is 0 Å². The third kappa shape index (κ3) is 6.16. The lowest BCUT2D eigenvalue weighted by molar-refractivity contribution is -0.124. The number of aryl methyl sites for hydroxylation is 1. The molecule has 0 radical (unpaired) electrons. The highest BCUT2D eigenvalue weighted by Crippen LogP contribution is 2.33. The third-order valence-electron chi connectivity index (χ3n) is 6.46. The molecule has 1 aliphatic carbocycles. The molecule has 3 aromatic rings. The maximum atomic E-state index is 13.2. The minimum Gasteiger partial charge on any atom is -0.361 e. The molecule has 1 aliphatic rings. The van der Waals surface area contributed by atoms with Crippen LogP contribution in [0.3, 0.4) is 0 Å². The Labute approximate surface area is 205 Å². The second kappa shape index (κ2) is 11.3. The molecule has 0 bridgehead atoms. The lowest BCUT2D eigenvalue weighted by Gasteiger charge is -2.24. The van der Waals surface area contributed by atoms with Crippen LogP contribution in [0.4, 0.5) is 0 Å². The number of H-pyrrole nitrogens is 1. The van der Waals surface area contributed by atoms with Gasteiger partial charge in [0.25, 0.3) is 5.91 Å². The number of aromatic amines is 1. The van der Waals surface area contributed by atoms with Crippen molar-refractivity contribution in [1.29, 1.82) is 0 Å². The molecule has 1 heterocycles. The summed E-state index contributed by atoms with van der Waals surface area (Å²) in [5, 5.41) is 16.5. The van der Waals surface area contributed by atoms with Gasteiger partial charge in [-0.1, -0.05) is 36.4 Å². The van der Waals surface area contributed by atoms with Crippen LogP contribution in [-0.2, 0) is 22.4 Å². The molecule has 0 aliphatic heterocycles. The zero-order valence-corrected chi connectivity index (χ0v) is 20.2. The zero-order chi connectivity index (χ0) is 24.8. The number of hydrogen-bond acceptors (Lipinski definition) is 5. The van der Waals surface area contributed by atoms with Gasteiger partial charge in [-0.15, -0.1) is 0 Å². The molecule has 1 aromatic heterocycles. The molecule has 5 N–H and O–H groups in total. The van der Waals surface area contributed by atoms with Crippen molar-refractivity contribution in [2.75, 3.05) is 27.2 Å². The number of nitrogens with one attached hydrogen (secondary N) is 4. The number of amides is 2. The van der Waals surface area contributed by atoms with Gasteiger partial charge in [0.15, 0.2) is 0 Å². The molecule has 0 saturated carbocycles. The number of rotatable bonds is 10. The van der Waals surface area contributed by atoms with Gasteiger partial charge in [-0.2, -0.15) is 0 Å². The maximum absolute atomic E-state index is 13.2. The van der Waals surface area contributed by atoms with Gasteiger partial charge in [-0.05, 0) is 67.8 Å². The predicted molar refractivity (Wildman–Crippen MR) is 137 cm³/mol. The van der Waals surface area contributed by atoms with Gasteiger partial charge in [-0.25, -0.2) is 5.48 Å². The van der Waals surface area contributed by atoms with E-state index in [0.29, 0.717) is 13.0 Å². The molecular formula is C27H33N5O3. The highest BCUT2D eigenvalue weighted by molar-refractivity contribution is 5.91. The van der Waals surface area contributed by atoms with Gasteiger partial charge in [0.1, 0.15) is 0 Å². The zero-order valence-electron chi connectivity index (χ0n) is 20.2. The molecule has 2 aromatic carbocycles. The van der Waals surface area contributed by atoms with E-state index in [4.69, 9.17) is 5.21 Å². The third-order valence-corrected chi connectivity index (χ3v) is 6.46. The monoisotopic (exact) mass is 475 g/mol. The Balaban J connectivity index is 1.52. The molecule has 184 valence electrons.